The van der Waals surface area contributed by atoms with Crippen LogP contribution >= 0.6 is 11.6 Å². The van der Waals surface area contributed by atoms with Crippen LogP contribution in [0.2, 0.25) is 5.02 Å². The maximum Gasteiger partial charge on any atom is 0.258 e. The Bertz CT molecular complexity index is 915. The van der Waals surface area contributed by atoms with Crippen LogP contribution in [0.4, 0.5) is 0 Å². The maximum absolute atomic E-state index is 12.6. The fourth-order valence-corrected chi connectivity index (χ4v) is 4.07. The van der Waals surface area contributed by atoms with E-state index in [-0.39, 0.29) is 34.2 Å². The number of hydrogen-bond donors (Lipinski definition) is 2. The van der Waals surface area contributed by atoms with Gasteiger partial charge in [-0.2, -0.15) is 0 Å². The monoisotopic (exact) mass is 408 g/mol. The second kappa shape index (κ2) is 8.29. The molecule has 0 aromatic heterocycles. The molecule has 3 rings (SSSR count). The van der Waals surface area contributed by atoms with E-state index in [1.807, 2.05) is 30.3 Å². The van der Waals surface area contributed by atoms with Gasteiger partial charge in [0, 0.05) is 12.1 Å². The Kier molecular flexibility index (Phi) is 6.04. The third-order valence-corrected chi connectivity index (χ3v) is 5.98. The van der Waals surface area contributed by atoms with Crippen molar-refractivity contribution in [2.24, 2.45) is 0 Å². The van der Waals surface area contributed by atoms with Crippen LogP contribution in [0.3, 0.4) is 0 Å². The van der Waals surface area contributed by atoms with Crippen LogP contribution in [0, 0.1) is 0 Å². The van der Waals surface area contributed by atoms with Crippen molar-refractivity contribution < 1.29 is 17.9 Å². The van der Waals surface area contributed by atoms with Crippen LogP contribution < -0.4 is 14.8 Å². The highest BCUT2D eigenvalue weighted by molar-refractivity contribution is 7.89. The van der Waals surface area contributed by atoms with Crippen molar-refractivity contribution >= 4 is 27.5 Å². The normalized spacial score (nSPS) is 15.2. The summed E-state index contributed by atoms with van der Waals surface area (Å²) in [6, 6.07) is 13.3. The molecule has 2 aromatic rings. The Morgan fingerprint density at radius 2 is 1.93 bits per heavy atom. The van der Waals surface area contributed by atoms with Crippen molar-refractivity contribution in [2.75, 3.05) is 6.61 Å². The molecule has 0 unspecified atom stereocenters. The van der Waals surface area contributed by atoms with Crippen molar-refractivity contribution in [1.82, 2.24) is 10.0 Å². The lowest BCUT2D eigenvalue weighted by atomic mass is 10.1. The Balaban J connectivity index is 1.65. The molecule has 144 valence electrons. The first kappa shape index (κ1) is 19.7. The van der Waals surface area contributed by atoms with Crippen LogP contribution in [0.25, 0.3) is 0 Å². The molecule has 1 saturated carbocycles. The Morgan fingerprint density at radius 3 is 2.56 bits per heavy atom. The minimum atomic E-state index is -3.76. The van der Waals surface area contributed by atoms with Gasteiger partial charge in [0.15, 0.2) is 6.61 Å². The number of ether oxygens (including phenoxy) is 1. The predicted molar refractivity (Wildman–Crippen MR) is 103 cm³/mol. The zero-order valence-electron chi connectivity index (χ0n) is 14.8. The molecule has 1 aliphatic carbocycles. The Morgan fingerprint density at radius 1 is 1.22 bits per heavy atom. The summed E-state index contributed by atoms with van der Waals surface area (Å²) in [5, 5.41) is 2.93. The van der Waals surface area contributed by atoms with E-state index < -0.39 is 16.1 Å². The summed E-state index contributed by atoms with van der Waals surface area (Å²) < 4.78 is 33.2. The fourth-order valence-electron chi connectivity index (χ4n) is 2.52. The van der Waals surface area contributed by atoms with Crippen molar-refractivity contribution in [3.63, 3.8) is 0 Å². The summed E-state index contributed by atoms with van der Waals surface area (Å²) in [5.41, 5.74) is 0.855. The minimum Gasteiger partial charge on any atom is -0.482 e. The molecule has 0 spiro atoms. The second-order valence-corrected chi connectivity index (χ2v) is 8.60. The number of amides is 1. The van der Waals surface area contributed by atoms with Gasteiger partial charge in [0.1, 0.15) is 5.75 Å². The smallest absolute Gasteiger partial charge is 0.258 e. The molecule has 0 aliphatic heterocycles. The van der Waals surface area contributed by atoms with Crippen LogP contribution in [0.5, 0.6) is 5.75 Å². The SMILES string of the molecule is C[C@@H](NS(=O)(=O)c1ccc(OCC(=O)NC2CC2)c(Cl)c1)c1ccccc1. The Hall–Kier alpha value is -2.09. The number of sulfonamides is 1. The number of carbonyl (C=O) groups excluding carboxylic acids is 1. The molecular formula is C19H21ClN2O4S. The van der Waals surface area contributed by atoms with Gasteiger partial charge >= 0.3 is 0 Å². The highest BCUT2D eigenvalue weighted by Gasteiger charge is 2.24. The zero-order valence-corrected chi connectivity index (χ0v) is 16.4. The molecule has 2 N–H and O–H groups in total. The van der Waals surface area contributed by atoms with E-state index >= 15 is 0 Å². The summed E-state index contributed by atoms with van der Waals surface area (Å²) in [5.74, 6) is 0.0429. The lowest BCUT2D eigenvalue weighted by molar-refractivity contribution is -0.123. The topological polar surface area (TPSA) is 84.5 Å². The Labute approximate surface area is 163 Å². The first-order valence-corrected chi connectivity index (χ1v) is 10.5. The van der Waals surface area contributed by atoms with Crippen LogP contribution in [-0.2, 0) is 14.8 Å². The first-order valence-electron chi connectivity index (χ1n) is 8.64. The van der Waals surface area contributed by atoms with Crippen molar-refractivity contribution in [3.8, 4) is 5.75 Å². The molecule has 1 amide bonds. The van der Waals surface area contributed by atoms with E-state index in [1.54, 1.807) is 6.92 Å². The minimum absolute atomic E-state index is 0.0325. The van der Waals surface area contributed by atoms with Crippen LogP contribution in [-0.4, -0.2) is 27.0 Å². The highest BCUT2D eigenvalue weighted by atomic mass is 35.5. The highest BCUT2D eigenvalue weighted by Crippen LogP contribution is 2.28. The van der Waals surface area contributed by atoms with Gasteiger partial charge in [0.25, 0.3) is 5.91 Å². The number of benzene rings is 2. The van der Waals surface area contributed by atoms with Gasteiger partial charge in [0.2, 0.25) is 10.0 Å². The summed E-state index contributed by atoms with van der Waals surface area (Å²) in [4.78, 5) is 11.7. The number of nitrogens with one attached hydrogen (secondary N) is 2. The van der Waals surface area contributed by atoms with E-state index in [9.17, 15) is 13.2 Å². The number of carbonyl (C=O) groups is 1. The van der Waals surface area contributed by atoms with Gasteiger partial charge in [-0.3, -0.25) is 4.79 Å². The maximum atomic E-state index is 12.6. The average Bonchev–Trinajstić information content (AvgIpc) is 3.45. The van der Waals surface area contributed by atoms with Gasteiger partial charge in [-0.1, -0.05) is 41.9 Å². The summed E-state index contributed by atoms with van der Waals surface area (Å²) in [6.07, 6.45) is 1.99. The fraction of sp³-hybridized carbons (Fsp3) is 0.316. The molecule has 0 bridgehead atoms. The molecule has 1 aliphatic rings. The zero-order chi connectivity index (χ0) is 19.4. The standard InChI is InChI=1S/C19H21ClN2O4S/c1-13(14-5-3-2-4-6-14)22-27(24,25)16-9-10-18(17(20)11-16)26-12-19(23)21-15-7-8-15/h2-6,9-11,13,15,22H,7-8,12H2,1H3,(H,21,23)/t13-/m1/s1. The molecule has 0 heterocycles. The van der Waals surface area contributed by atoms with E-state index in [0.29, 0.717) is 0 Å². The third kappa shape index (κ3) is 5.45. The van der Waals surface area contributed by atoms with Crippen molar-refractivity contribution in [1.29, 1.82) is 0 Å². The van der Waals surface area contributed by atoms with Gasteiger partial charge in [-0.25, -0.2) is 13.1 Å². The second-order valence-electron chi connectivity index (χ2n) is 6.48. The van der Waals surface area contributed by atoms with Crippen LogP contribution in [0.15, 0.2) is 53.4 Å². The molecule has 6 nitrogen and oxygen atoms in total. The number of rotatable bonds is 8. The van der Waals surface area contributed by atoms with E-state index in [2.05, 4.69) is 10.0 Å². The van der Waals surface area contributed by atoms with Crippen molar-refractivity contribution in [2.45, 2.75) is 36.7 Å². The van der Waals surface area contributed by atoms with Gasteiger partial charge in [-0.15, -0.1) is 0 Å². The lowest BCUT2D eigenvalue weighted by Crippen LogP contribution is -2.30. The quantitative estimate of drug-likeness (QED) is 0.703. The molecule has 2 aromatic carbocycles. The number of halogens is 1. The molecule has 1 atom stereocenters. The van der Waals surface area contributed by atoms with Gasteiger partial charge in [-0.05, 0) is 43.5 Å². The van der Waals surface area contributed by atoms with Gasteiger partial charge in [0.05, 0.1) is 9.92 Å². The van der Waals surface area contributed by atoms with E-state index in [4.69, 9.17) is 16.3 Å². The molecule has 27 heavy (non-hydrogen) atoms. The van der Waals surface area contributed by atoms with Crippen molar-refractivity contribution in [3.05, 3.63) is 59.1 Å². The molecule has 8 heteroatoms. The van der Waals surface area contributed by atoms with E-state index in [1.165, 1.54) is 18.2 Å². The molecule has 1 fully saturated rings. The predicted octanol–water partition coefficient (Wildman–Crippen LogP) is 3.04. The summed E-state index contributed by atoms with van der Waals surface area (Å²) in [7, 11) is -3.76. The van der Waals surface area contributed by atoms with Gasteiger partial charge < -0.3 is 10.1 Å². The van der Waals surface area contributed by atoms with Crippen LogP contribution in [0.1, 0.15) is 31.4 Å². The number of hydrogen-bond acceptors (Lipinski definition) is 4. The summed E-state index contributed by atoms with van der Waals surface area (Å²) >= 11 is 6.14. The lowest BCUT2D eigenvalue weighted by Gasteiger charge is -2.15. The summed E-state index contributed by atoms with van der Waals surface area (Å²) in [6.45, 7) is 1.61. The average molecular weight is 409 g/mol. The molecular weight excluding hydrogens is 388 g/mol. The molecule has 0 radical (unpaired) electrons. The molecule has 0 saturated heterocycles. The third-order valence-electron chi connectivity index (χ3n) is 4.15. The van der Waals surface area contributed by atoms with E-state index in [0.717, 1.165) is 18.4 Å². The first-order chi connectivity index (χ1) is 12.8. The largest absolute Gasteiger partial charge is 0.482 e.